The van der Waals surface area contributed by atoms with Crippen LogP contribution in [-0.2, 0) is 4.79 Å². The number of nitrogens with one attached hydrogen (secondary N) is 2. The van der Waals surface area contributed by atoms with Crippen LogP contribution in [0.15, 0.2) is 30.3 Å². The topological polar surface area (TPSA) is 112 Å². The second kappa shape index (κ2) is 9.36. The first-order chi connectivity index (χ1) is 14.2. The third-order valence-corrected chi connectivity index (χ3v) is 4.91. The number of hydrogen-bond acceptors (Lipinski definition) is 8. The quantitative estimate of drug-likeness (QED) is 0.658. The van der Waals surface area contributed by atoms with Crippen LogP contribution in [0, 0.1) is 0 Å². The molecule has 0 aliphatic carbocycles. The minimum absolute atomic E-state index is 0.00262. The first kappa shape index (κ1) is 21.9. The van der Waals surface area contributed by atoms with Crippen LogP contribution in [0.25, 0.3) is 0 Å². The highest BCUT2D eigenvalue weighted by Crippen LogP contribution is 2.21. The number of nitrogen functional groups attached to an aromatic ring is 1. The summed E-state index contributed by atoms with van der Waals surface area (Å²) in [5.74, 6) is 1.33. The number of rotatable bonds is 6. The minimum Gasteiger partial charge on any atom is -0.368 e. The molecule has 0 spiro atoms. The van der Waals surface area contributed by atoms with Crippen molar-refractivity contribution in [2.75, 3.05) is 43.8 Å². The number of carbonyl (C=O) groups is 1. The van der Waals surface area contributed by atoms with Gasteiger partial charge in [-0.05, 0) is 39.8 Å². The second-order valence-electron chi connectivity index (χ2n) is 8.65. The van der Waals surface area contributed by atoms with Crippen LogP contribution in [0.4, 0.5) is 17.6 Å². The summed E-state index contributed by atoms with van der Waals surface area (Å²) >= 11 is 0. The molecule has 9 heteroatoms. The first-order valence-corrected chi connectivity index (χ1v) is 10.3. The van der Waals surface area contributed by atoms with Gasteiger partial charge in [-0.2, -0.15) is 15.0 Å². The fourth-order valence-corrected chi connectivity index (χ4v) is 3.44. The molecule has 1 fully saturated rings. The molecule has 2 heterocycles. The molecule has 1 aromatic carbocycles. The molecule has 0 bridgehead atoms. The zero-order chi connectivity index (χ0) is 21.7. The van der Waals surface area contributed by atoms with Crippen molar-refractivity contribution in [2.24, 2.45) is 0 Å². The Kier molecular flexibility index (Phi) is 6.84. The SMILES string of the molecule is CC(c1nc(N)nc(Nc2ccccc2)n1)N1CCN(CC(=O)NC(C)(C)C)CC1. The summed E-state index contributed by atoms with van der Waals surface area (Å²) in [6.45, 7) is 11.8. The largest absolute Gasteiger partial charge is 0.368 e. The van der Waals surface area contributed by atoms with E-state index in [1.807, 2.05) is 51.1 Å². The fourth-order valence-electron chi connectivity index (χ4n) is 3.44. The smallest absolute Gasteiger partial charge is 0.234 e. The van der Waals surface area contributed by atoms with Crippen LogP contribution in [0.5, 0.6) is 0 Å². The number of amides is 1. The molecule has 9 nitrogen and oxygen atoms in total. The van der Waals surface area contributed by atoms with E-state index in [4.69, 9.17) is 5.73 Å². The highest BCUT2D eigenvalue weighted by atomic mass is 16.2. The minimum atomic E-state index is -0.211. The molecule has 1 amide bonds. The molecule has 0 saturated carbocycles. The van der Waals surface area contributed by atoms with Gasteiger partial charge in [0.1, 0.15) is 0 Å². The number of benzene rings is 1. The Labute approximate surface area is 178 Å². The lowest BCUT2D eigenvalue weighted by Crippen LogP contribution is -2.52. The normalized spacial score (nSPS) is 16.8. The van der Waals surface area contributed by atoms with Crippen LogP contribution in [0.2, 0.25) is 0 Å². The number of aromatic nitrogens is 3. The Morgan fingerprint density at radius 2 is 1.77 bits per heavy atom. The maximum atomic E-state index is 12.2. The Bertz CT molecular complexity index is 844. The van der Waals surface area contributed by atoms with Gasteiger partial charge >= 0.3 is 0 Å². The van der Waals surface area contributed by atoms with Crippen LogP contribution in [0.1, 0.15) is 39.6 Å². The predicted octanol–water partition coefficient (Wildman–Crippen LogP) is 1.79. The standard InChI is InChI=1S/C21H32N8O/c1-15(29-12-10-28(11-13-29)14-17(30)27-21(2,3)4)18-24-19(22)26-20(25-18)23-16-8-6-5-7-9-16/h5-9,15H,10-14H2,1-4H3,(H,27,30)(H3,22,23,24,25,26). The van der Waals surface area contributed by atoms with Crippen molar-refractivity contribution in [1.82, 2.24) is 30.1 Å². The van der Waals surface area contributed by atoms with E-state index < -0.39 is 0 Å². The molecule has 1 saturated heterocycles. The Balaban J connectivity index is 1.58. The fraction of sp³-hybridized carbons (Fsp3) is 0.524. The molecule has 4 N–H and O–H groups in total. The summed E-state index contributed by atoms with van der Waals surface area (Å²) in [7, 11) is 0. The summed E-state index contributed by atoms with van der Waals surface area (Å²) in [6, 6.07) is 9.72. The molecule has 0 radical (unpaired) electrons. The number of anilines is 3. The van der Waals surface area contributed by atoms with Gasteiger partial charge in [-0.1, -0.05) is 18.2 Å². The van der Waals surface area contributed by atoms with Gasteiger partial charge in [0.25, 0.3) is 0 Å². The lowest BCUT2D eigenvalue weighted by molar-refractivity contribution is -0.124. The predicted molar refractivity (Wildman–Crippen MR) is 118 cm³/mol. The van der Waals surface area contributed by atoms with E-state index in [0.717, 1.165) is 31.9 Å². The Morgan fingerprint density at radius 3 is 2.40 bits per heavy atom. The number of hydrogen-bond donors (Lipinski definition) is 3. The number of piperazine rings is 1. The first-order valence-electron chi connectivity index (χ1n) is 10.3. The van der Waals surface area contributed by atoms with Crippen LogP contribution in [-0.4, -0.2) is 68.9 Å². The maximum absolute atomic E-state index is 12.2. The molecule has 3 rings (SSSR count). The molecule has 2 aromatic rings. The van der Waals surface area contributed by atoms with Crippen molar-refractivity contribution in [1.29, 1.82) is 0 Å². The highest BCUT2D eigenvalue weighted by Gasteiger charge is 2.26. The Hall–Kier alpha value is -2.78. The van der Waals surface area contributed by atoms with Crippen molar-refractivity contribution in [3.8, 4) is 0 Å². The van der Waals surface area contributed by atoms with Gasteiger partial charge in [0.15, 0.2) is 5.82 Å². The van der Waals surface area contributed by atoms with Gasteiger partial charge in [-0.25, -0.2) is 0 Å². The Morgan fingerprint density at radius 1 is 1.10 bits per heavy atom. The van der Waals surface area contributed by atoms with Crippen molar-refractivity contribution < 1.29 is 4.79 Å². The third kappa shape index (κ3) is 6.36. The van der Waals surface area contributed by atoms with E-state index in [2.05, 4.69) is 42.3 Å². The van der Waals surface area contributed by atoms with Crippen LogP contribution < -0.4 is 16.4 Å². The van der Waals surface area contributed by atoms with Crippen molar-refractivity contribution in [3.05, 3.63) is 36.2 Å². The van der Waals surface area contributed by atoms with Crippen molar-refractivity contribution in [2.45, 2.75) is 39.3 Å². The molecular weight excluding hydrogens is 380 g/mol. The molecule has 1 aliphatic heterocycles. The second-order valence-corrected chi connectivity index (χ2v) is 8.65. The van der Waals surface area contributed by atoms with E-state index >= 15 is 0 Å². The molecule has 162 valence electrons. The van der Waals surface area contributed by atoms with Crippen molar-refractivity contribution >= 4 is 23.5 Å². The molecule has 1 atom stereocenters. The maximum Gasteiger partial charge on any atom is 0.234 e. The van der Waals surface area contributed by atoms with Gasteiger partial charge in [0.05, 0.1) is 12.6 Å². The molecule has 1 unspecified atom stereocenters. The average Bonchev–Trinajstić information content (AvgIpc) is 2.67. The molecule has 1 aliphatic rings. The highest BCUT2D eigenvalue weighted by molar-refractivity contribution is 5.78. The van der Waals surface area contributed by atoms with E-state index in [1.165, 1.54) is 0 Å². The monoisotopic (exact) mass is 412 g/mol. The van der Waals surface area contributed by atoms with E-state index in [-0.39, 0.29) is 23.4 Å². The number of para-hydroxylation sites is 1. The van der Waals surface area contributed by atoms with Crippen molar-refractivity contribution in [3.63, 3.8) is 0 Å². The van der Waals surface area contributed by atoms with E-state index in [0.29, 0.717) is 18.3 Å². The van der Waals surface area contributed by atoms with Gasteiger partial charge in [-0.3, -0.25) is 14.6 Å². The lowest BCUT2D eigenvalue weighted by atomic mass is 10.1. The summed E-state index contributed by atoms with van der Waals surface area (Å²) < 4.78 is 0. The lowest BCUT2D eigenvalue weighted by Gasteiger charge is -2.37. The number of carbonyl (C=O) groups excluding carboxylic acids is 1. The van der Waals surface area contributed by atoms with Gasteiger partial charge in [0.2, 0.25) is 17.8 Å². The van der Waals surface area contributed by atoms with Crippen LogP contribution >= 0.6 is 0 Å². The summed E-state index contributed by atoms with van der Waals surface area (Å²) in [4.78, 5) is 29.8. The molecule has 1 aromatic heterocycles. The molecule has 30 heavy (non-hydrogen) atoms. The summed E-state index contributed by atoms with van der Waals surface area (Å²) in [5.41, 5.74) is 6.62. The van der Waals surface area contributed by atoms with Gasteiger partial charge in [-0.15, -0.1) is 0 Å². The number of nitrogens with two attached hydrogens (primary N) is 1. The summed E-state index contributed by atoms with van der Waals surface area (Å²) in [6.07, 6.45) is 0. The zero-order valence-corrected chi connectivity index (χ0v) is 18.2. The van der Waals surface area contributed by atoms with E-state index in [1.54, 1.807) is 0 Å². The van der Waals surface area contributed by atoms with E-state index in [9.17, 15) is 4.79 Å². The van der Waals surface area contributed by atoms with Gasteiger partial charge in [0, 0.05) is 37.4 Å². The van der Waals surface area contributed by atoms with Crippen LogP contribution in [0.3, 0.4) is 0 Å². The third-order valence-electron chi connectivity index (χ3n) is 4.91. The summed E-state index contributed by atoms with van der Waals surface area (Å²) in [5, 5.41) is 6.19. The average molecular weight is 413 g/mol. The molecular formula is C21H32N8O. The number of nitrogens with zero attached hydrogens (tertiary/aromatic N) is 5. The van der Waals surface area contributed by atoms with Gasteiger partial charge < -0.3 is 16.4 Å². The zero-order valence-electron chi connectivity index (χ0n) is 18.2.